The number of esters is 1. The van der Waals surface area contributed by atoms with E-state index in [1.807, 2.05) is 0 Å². The number of nitrogens with one attached hydrogen (secondary N) is 1. The van der Waals surface area contributed by atoms with E-state index in [2.05, 4.69) is 5.32 Å². The smallest absolute Gasteiger partial charge is 0.408 e. The first-order chi connectivity index (χ1) is 9.80. The molecule has 0 unspecified atom stereocenters. The minimum Gasteiger partial charge on any atom is -0.458 e. The van der Waals surface area contributed by atoms with Crippen LogP contribution in [0.4, 0.5) is 4.79 Å². The molecule has 0 bridgehead atoms. The highest BCUT2D eigenvalue weighted by Crippen LogP contribution is 2.12. The predicted molar refractivity (Wildman–Crippen MR) is 80.1 cm³/mol. The Morgan fingerprint density at radius 2 is 1.59 bits per heavy atom. The number of rotatable bonds is 6. The lowest BCUT2D eigenvalue weighted by molar-refractivity contribution is -0.480. The monoisotopic (exact) mass is 318 g/mol. The van der Waals surface area contributed by atoms with Gasteiger partial charge in [0.05, 0.1) is 0 Å². The zero-order valence-electron chi connectivity index (χ0n) is 14.1. The third kappa shape index (κ3) is 10.9. The highest BCUT2D eigenvalue weighted by molar-refractivity contribution is 5.81. The molecule has 0 aromatic heterocycles. The van der Waals surface area contributed by atoms with Crippen molar-refractivity contribution in [3.05, 3.63) is 10.1 Å². The maximum atomic E-state index is 12.1. The summed E-state index contributed by atoms with van der Waals surface area (Å²) in [4.78, 5) is 33.7. The van der Waals surface area contributed by atoms with Crippen LogP contribution in [-0.4, -0.2) is 40.8 Å². The molecule has 0 aliphatic carbocycles. The van der Waals surface area contributed by atoms with E-state index in [0.29, 0.717) is 0 Å². The van der Waals surface area contributed by atoms with Crippen molar-refractivity contribution < 1.29 is 24.0 Å². The van der Waals surface area contributed by atoms with Crippen molar-refractivity contribution >= 4 is 12.1 Å². The zero-order chi connectivity index (χ0) is 17.6. The number of nitrogens with zero attached hydrogens (tertiary/aromatic N) is 1. The van der Waals surface area contributed by atoms with Crippen LogP contribution >= 0.6 is 0 Å². The average molecular weight is 318 g/mol. The highest BCUT2D eigenvalue weighted by atomic mass is 16.6. The topological polar surface area (TPSA) is 108 Å². The third-order valence-corrected chi connectivity index (χ3v) is 2.22. The van der Waals surface area contributed by atoms with Crippen LogP contribution in [-0.2, 0) is 14.3 Å². The summed E-state index contributed by atoms with van der Waals surface area (Å²) in [6, 6.07) is -0.978. The lowest BCUT2D eigenvalue weighted by atomic mass is 10.1. The molecule has 22 heavy (non-hydrogen) atoms. The van der Waals surface area contributed by atoms with Crippen molar-refractivity contribution in [2.45, 2.75) is 71.6 Å². The fourth-order valence-electron chi connectivity index (χ4n) is 1.50. The standard InChI is InChI=1S/C14H26N2O6/c1-13(2,3)21-11(17)10(8-7-9-16(19)20)15-12(18)22-14(4,5)6/h10H,7-9H2,1-6H3,(H,15,18)/t10-/m1/s1. The molecule has 0 aromatic carbocycles. The van der Waals surface area contributed by atoms with E-state index in [4.69, 9.17) is 9.47 Å². The molecule has 0 aliphatic heterocycles. The predicted octanol–water partition coefficient (Wildman–Crippen LogP) is 2.28. The van der Waals surface area contributed by atoms with Crippen molar-refractivity contribution in [3.63, 3.8) is 0 Å². The molecule has 0 saturated heterocycles. The van der Waals surface area contributed by atoms with Gasteiger partial charge in [0.2, 0.25) is 6.54 Å². The Morgan fingerprint density at radius 1 is 1.09 bits per heavy atom. The number of hydrogen-bond donors (Lipinski definition) is 1. The van der Waals surface area contributed by atoms with Crippen LogP contribution in [0.3, 0.4) is 0 Å². The van der Waals surface area contributed by atoms with E-state index < -0.39 is 34.2 Å². The summed E-state index contributed by atoms with van der Waals surface area (Å²) in [6.45, 7) is 9.91. The molecule has 0 fully saturated rings. The Balaban J connectivity index is 4.74. The summed E-state index contributed by atoms with van der Waals surface area (Å²) in [7, 11) is 0. The molecular weight excluding hydrogens is 292 g/mol. The number of hydrogen-bond acceptors (Lipinski definition) is 6. The molecule has 128 valence electrons. The molecule has 8 heteroatoms. The molecule has 0 aromatic rings. The normalized spacial score (nSPS) is 13.2. The van der Waals surface area contributed by atoms with E-state index in [1.54, 1.807) is 41.5 Å². The number of ether oxygens (including phenoxy) is 2. The number of amides is 1. The Hall–Kier alpha value is -1.86. The van der Waals surface area contributed by atoms with Crippen LogP contribution in [0.15, 0.2) is 0 Å². The van der Waals surface area contributed by atoms with Gasteiger partial charge in [-0.15, -0.1) is 0 Å². The minimum absolute atomic E-state index is 0.106. The summed E-state index contributed by atoms with van der Waals surface area (Å²) < 4.78 is 10.3. The molecule has 0 aliphatic rings. The second-order valence-corrected chi connectivity index (χ2v) is 6.93. The van der Waals surface area contributed by atoms with Gasteiger partial charge in [0.25, 0.3) is 0 Å². The van der Waals surface area contributed by atoms with Gasteiger partial charge in [0.15, 0.2) is 0 Å². The van der Waals surface area contributed by atoms with Crippen molar-refractivity contribution in [3.8, 4) is 0 Å². The first kappa shape index (κ1) is 20.1. The lowest BCUT2D eigenvalue weighted by Gasteiger charge is -2.26. The van der Waals surface area contributed by atoms with Crippen LogP contribution in [0, 0.1) is 10.1 Å². The molecule has 1 amide bonds. The number of carbonyl (C=O) groups excluding carboxylic acids is 2. The highest BCUT2D eigenvalue weighted by Gasteiger charge is 2.28. The minimum atomic E-state index is -0.978. The summed E-state index contributed by atoms with van der Waals surface area (Å²) in [5.41, 5.74) is -1.42. The second kappa shape index (κ2) is 7.95. The summed E-state index contributed by atoms with van der Waals surface area (Å²) in [5, 5.41) is 12.8. The van der Waals surface area contributed by atoms with Crippen molar-refractivity contribution in [1.29, 1.82) is 0 Å². The van der Waals surface area contributed by atoms with Gasteiger partial charge >= 0.3 is 12.1 Å². The fourth-order valence-corrected chi connectivity index (χ4v) is 1.50. The van der Waals surface area contributed by atoms with Crippen LogP contribution in [0.5, 0.6) is 0 Å². The molecule has 0 radical (unpaired) electrons. The van der Waals surface area contributed by atoms with Gasteiger partial charge in [0.1, 0.15) is 17.2 Å². The van der Waals surface area contributed by atoms with E-state index in [9.17, 15) is 19.7 Å². The van der Waals surface area contributed by atoms with Crippen LogP contribution in [0.2, 0.25) is 0 Å². The molecule has 8 nitrogen and oxygen atoms in total. The largest absolute Gasteiger partial charge is 0.458 e. The number of nitro groups is 1. The molecule has 0 spiro atoms. The van der Waals surface area contributed by atoms with E-state index in [1.165, 1.54) is 0 Å². The van der Waals surface area contributed by atoms with Gasteiger partial charge in [-0.05, 0) is 48.0 Å². The maximum absolute atomic E-state index is 12.1. The van der Waals surface area contributed by atoms with Gasteiger partial charge in [-0.3, -0.25) is 10.1 Å². The summed E-state index contributed by atoms with van der Waals surface area (Å²) in [5.74, 6) is -0.637. The first-order valence-electron chi connectivity index (χ1n) is 7.14. The van der Waals surface area contributed by atoms with Gasteiger partial charge in [-0.25, -0.2) is 9.59 Å². The van der Waals surface area contributed by atoms with E-state index >= 15 is 0 Å². The average Bonchev–Trinajstić information content (AvgIpc) is 2.21. The molecule has 1 N–H and O–H groups in total. The van der Waals surface area contributed by atoms with E-state index in [-0.39, 0.29) is 19.4 Å². The molecule has 0 rings (SSSR count). The van der Waals surface area contributed by atoms with Crippen molar-refractivity contribution in [2.75, 3.05) is 6.54 Å². The van der Waals surface area contributed by atoms with Gasteiger partial charge in [0, 0.05) is 11.3 Å². The van der Waals surface area contributed by atoms with Gasteiger partial charge in [-0.2, -0.15) is 0 Å². The third-order valence-electron chi connectivity index (χ3n) is 2.22. The summed E-state index contributed by atoms with van der Waals surface area (Å²) >= 11 is 0. The van der Waals surface area contributed by atoms with Crippen molar-refractivity contribution in [2.24, 2.45) is 0 Å². The van der Waals surface area contributed by atoms with Gasteiger partial charge < -0.3 is 14.8 Å². The second-order valence-electron chi connectivity index (χ2n) is 6.93. The molecule has 0 heterocycles. The first-order valence-corrected chi connectivity index (χ1v) is 7.14. The van der Waals surface area contributed by atoms with Crippen LogP contribution in [0.1, 0.15) is 54.4 Å². The van der Waals surface area contributed by atoms with E-state index in [0.717, 1.165) is 0 Å². The molecule has 0 saturated carbocycles. The zero-order valence-corrected chi connectivity index (χ0v) is 14.1. The summed E-state index contributed by atoms with van der Waals surface area (Å²) in [6.07, 6.45) is -0.508. The SMILES string of the molecule is CC(C)(C)OC(=O)N[C@H](CCC[N+](=O)[O-])C(=O)OC(C)(C)C. The quantitative estimate of drug-likeness (QED) is 0.457. The Kier molecular flexibility index (Phi) is 7.28. The van der Waals surface area contributed by atoms with Crippen molar-refractivity contribution in [1.82, 2.24) is 5.32 Å². The fraction of sp³-hybridized carbons (Fsp3) is 0.857. The Morgan fingerprint density at radius 3 is 2.00 bits per heavy atom. The number of alkyl carbamates (subject to hydrolysis) is 1. The molecular formula is C14H26N2O6. The van der Waals surface area contributed by atoms with Crippen LogP contribution in [0.25, 0.3) is 0 Å². The number of carbonyl (C=O) groups is 2. The lowest BCUT2D eigenvalue weighted by Crippen LogP contribution is -2.46. The molecule has 1 atom stereocenters. The maximum Gasteiger partial charge on any atom is 0.408 e. The Labute approximate surface area is 130 Å². The van der Waals surface area contributed by atoms with Crippen LogP contribution < -0.4 is 5.32 Å². The van der Waals surface area contributed by atoms with Gasteiger partial charge in [-0.1, -0.05) is 0 Å². The Bertz CT molecular complexity index is 409.